The van der Waals surface area contributed by atoms with Crippen molar-refractivity contribution in [3.8, 4) is 11.8 Å². The van der Waals surface area contributed by atoms with Crippen LogP contribution in [0.25, 0.3) is 10.9 Å². The highest BCUT2D eigenvalue weighted by molar-refractivity contribution is 5.99. The van der Waals surface area contributed by atoms with Gasteiger partial charge in [-0.05, 0) is 68.6 Å². The molecule has 3 amide bonds. The van der Waals surface area contributed by atoms with Crippen LogP contribution < -0.4 is 21.5 Å². The van der Waals surface area contributed by atoms with Crippen LogP contribution >= 0.6 is 0 Å². The fourth-order valence-corrected chi connectivity index (χ4v) is 5.67. The van der Waals surface area contributed by atoms with E-state index in [1.54, 1.807) is 18.2 Å². The Hall–Kier alpha value is -4.63. The molecule has 5 heterocycles. The number of primary amides is 1. The number of hydrogen-bond donors (Lipinski definition) is 2. The van der Waals surface area contributed by atoms with Gasteiger partial charge in [-0.3, -0.25) is 24.5 Å². The highest BCUT2D eigenvalue weighted by Gasteiger charge is 2.32. The van der Waals surface area contributed by atoms with E-state index < -0.39 is 17.9 Å². The van der Waals surface area contributed by atoms with E-state index in [0.717, 1.165) is 55.9 Å². The van der Waals surface area contributed by atoms with Gasteiger partial charge in [0.05, 0.1) is 10.9 Å². The van der Waals surface area contributed by atoms with Crippen LogP contribution in [0.5, 0.6) is 0 Å². The third-order valence-electron chi connectivity index (χ3n) is 8.05. The molecule has 3 N–H and O–H groups in total. The third kappa shape index (κ3) is 5.67. The smallest absolute Gasteiger partial charge is 0.278 e. The average Bonchev–Trinajstić information content (AvgIpc) is 2.95. The number of nitrogens with two attached hydrogens (primary N) is 1. The van der Waals surface area contributed by atoms with Crippen LogP contribution in [0.3, 0.4) is 0 Å². The number of anilines is 1. The van der Waals surface area contributed by atoms with Crippen molar-refractivity contribution in [2.45, 2.75) is 31.7 Å². The van der Waals surface area contributed by atoms with Gasteiger partial charge < -0.3 is 15.5 Å². The summed E-state index contributed by atoms with van der Waals surface area (Å²) in [4.78, 5) is 56.8. The van der Waals surface area contributed by atoms with E-state index in [4.69, 9.17) is 5.73 Å². The Morgan fingerprint density at radius 2 is 1.88 bits per heavy atom. The van der Waals surface area contributed by atoms with Gasteiger partial charge in [-0.25, -0.2) is 4.98 Å². The van der Waals surface area contributed by atoms with Gasteiger partial charge in [0, 0.05) is 49.8 Å². The van der Waals surface area contributed by atoms with E-state index in [2.05, 4.69) is 42.3 Å². The molecule has 0 bridgehead atoms. The van der Waals surface area contributed by atoms with Crippen LogP contribution in [0.4, 0.5) is 5.69 Å². The quantitative estimate of drug-likeness (QED) is 0.338. The standard InChI is InChI=1S/C29H30N8O4/c30-27(39)20-2-4-21(31-14-20)3-1-18-9-11-35(12-10-18)15-19-16-36(17-19)22-5-6-23-24(13-22)33-34-37(29(23)41)25-7-8-26(38)32-28(25)40/h2,4-6,13-14,18-19,25H,7-12,15-17H2,(H2,30,39)(H,32,38,40). The van der Waals surface area contributed by atoms with Crippen LogP contribution in [0.2, 0.25) is 0 Å². The molecule has 3 fully saturated rings. The molecule has 41 heavy (non-hydrogen) atoms. The number of amides is 3. The molecule has 3 saturated heterocycles. The number of carbonyl (C=O) groups excluding carboxylic acids is 3. The Kier molecular flexibility index (Phi) is 7.19. The number of rotatable bonds is 5. The lowest BCUT2D eigenvalue weighted by atomic mass is 9.94. The van der Waals surface area contributed by atoms with Crippen molar-refractivity contribution in [3.63, 3.8) is 0 Å². The molecule has 0 spiro atoms. The topological polar surface area (TPSA) is 156 Å². The number of fused-ring (bicyclic) bond motifs is 1. The molecule has 1 aromatic carbocycles. The average molecular weight is 555 g/mol. The summed E-state index contributed by atoms with van der Waals surface area (Å²) in [6, 6.07) is 8.07. The summed E-state index contributed by atoms with van der Waals surface area (Å²) >= 11 is 0. The minimum atomic E-state index is -0.830. The second kappa shape index (κ2) is 11.1. The fourth-order valence-electron chi connectivity index (χ4n) is 5.67. The van der Waals surface area contributed by atoms with E-state index in [1.807, 2.05) is 12.1 Å². The Balaban J connectivity index is 0.998. The highest BCUT2D eigenvalue weighted by atomic mass is 16.2. The molecule has 3 aromatic rings. The van der Waals surface area contributed by atoms with E-state index >= 15 is 0 Å². The summed E-state index contributed by atoms with van der Waals surface area (Å²) in [6.45, 7) is 4.92. The highest BCUT2D eigenvalue weighted by Crippen LogP contribution is 2.28. The summed E-state index contributed by atoms with van der Waals surface area (Å²) in [5, 5.41) is 10.9. The summed E-state index contributed by atoms with van der Waals surface area (Å²) < 4.78 is 1.08. The second-order valence-corrected chi connectivity index (χ2v) is 10.9. The predicted octanol–water partition coefficient (Wildman–Crippen LogP) is 0.463. The van der Waals surface area contributed by atoms with E-state index in [0.29, 0.717) is 34.0 Å². The summed E-state index contributed by atoms with van der Waals surface area (Å²) in [5.41, 5.74) is 7.37. The van der Waals surface area contributed by atoms with E-state index in [1.165, 1.54) is 6.20 Å². The van der Waals surface area contributed by atoms with Gasteiger partial charge in [0.25, 0.3) is 11.5 Å². The van der Waals surface area contributed by atoms with Crippen molar-refractivity contribution in [2.24, 2.45) is 17.6 Å². The Labute approximate surface area is 235 Å². The number of nitrogens with zero attached hydrogens (tertiary/aromatic N) is 6. The number of imide groups is 1. The number of hydrogen-bond acceptors (Lipinski definition) is 9. The van der Waals surface area contributed by atoms with Crippen LogP contribution in [0.1, 0.15) is 47.8 Å². The maximum atomic E-state index is 13.0. The van der Waals surface area contributed by atoms with Crippen LogP contribution in [0.15, 0.2) is 41.3 Å². The lowest BCUT2D eigenvalue weighted by molar-refractivity contribution is -0.136. The van der Waals surface area contributed by atoms with Gasteiger partial charge in [0.2, 0.25) is 11.8 Å². The molecule has 0 radical (unpaired) electrons. The van der Waals surface area contributed by atoms with E-state index in [9.17, 15) is 19.2 Å². The molecule has 0 saturated carbocycles. The summed E-state index contributed by atoms with van der Waals surface area (Å²) in [5.74, 6) is 5.99. The summed E-state index contributed by atoms with van der Waals surface area (Å²) in [7, 11) is 0. The van der Waals surface area contributed by atoms with E-state index in [-0.39, 0.29) is 24.3 Å². The van der Waals surface area contributed by atoms with Crippen molar-refractivity contribution in [1.29, 1.82) is 0 Å². The molecule has 12 heteroatoms. The molecular weight excluding hydrogens is 524 g/mol. The Morgan fingerprint density at radius 1 is 1.07 bits per heavy atom. The molecule has 0 aliphatic carbocycles. The maximum Gasteiger partial charge on any atom is 0.278 e. The fraction of sp³-hybridized carbons (Fsp3) is 0.414. The van der Waals surface area contributed by atoms with Crippen LogP contribution in [0, 0.1) is 23.7 Å². The first-order chi connectivity index (χ1) is 19.8. The van der Waals surface area contributed by atoms with Crippen molar-refractivity contribution < 1.29 is 14.4 Å². The lowest BCUT2D eigenvalue weighted by Gasteiger charge is -2.44. The molecule has 1 atom stereocenters. The number of nitrogens with one attached hydrogen (secondary N) is 1. The van der Waals surface area contributed by atoms with Gasteiger partial charge >= 0.3 is 0 Å². The third-order valence-corrected chi connectivity index (χ3v) is 8.05. The van der Waals surface area contributed by atoms with Crippen LogP contribution in [-0.2, 0) is 9.59 Å². The molecule has 210 valence electrons. The number of benzene rings is 1. The molecule has 6 rings (SSSR count). The first kappa shape index (κ1) is 26.6. The lowest BCUT2D eigenvalue weighted by Crippen LogP contribution is -2.52. The molecule has 12 nitrogen and oxygen atoms in total. The van der Waals surface area contributed by atoms with Gasteiger partial charge in [-0.2, -0.15) is 4.68 Å². The van der Waals surface area contributed by atoms with Gasteiger partial charge in [-0.1, -0.05) is 11.1 Å². The zero-order valence-corrected chi connectivity index (χ0v) is 22.5. The summed E-state index contributed by atoms with van der Waals surface area (Å²) in [6.07, 6.45) is 3.89. The minimum absolute atomic E-state index is 0.164. The number of carbonyl (C=O) groups is 3. The first-order valence-electron chi connectivity index (χ1n) is 13.8. The van der Waals surface area contributed by atoms with Crippen LogP contribution in [-0.4, -0.2) is 75.3 Å². The maximum absolute atomic E-state index is 13.0. The minimum Gasteiger partial charge on any atom is -0.371 e. The van der Waals surface area contributed by atoms with Crippen molar-refractivity contribution in [3.05, 3.63) is 58.1 Å². The Morgan fingerprint density at radius 3 is 2.59 bits per heavy atom. The molecule has 3 aliphatic heterocycles. The predicted molar refractivity (Wildman–Crippen MR) is 150 cm³/mol. The normalized spacial score (nSPS) is 20.3. The molecule has 3 aliphatic rings. The van der Waals surface area contributed by atoms with Gasteiger partial charge in [-0.15, -0.1) is 5.10 Å². The van der Waals surface area contributed by atoms with Crippen molar-refractivity contribution in [1.82, 2.24) is 30.2 Å². The molecule has 2 aromatic heterocycles. The van der Waals surface area contributed by atoms with Crippen molar-refractivity contribution >= 4 is 34.3 Å². The largest absolute Gasteiger partial charge is 0.371 e. The number of piperidine rings is 2. The van der Waals surface area contributed by atoms with Gasteiger partial charge in [0.15, 0.2) is 0 Å². The first-order valence-corrected chi connectivity index (χ1v) is 13.8. The number of aromatic nitrogens is 4. The SMILES string of the molecule is NC(=O)c1ccc(C#CC2CCN(CC3CN(c4ccc5c(=O)n(C6CCC(=O)NC6=O)nnc5c4)C3)CC2)nc1. The molecule has 1 unspecified atom stereocenters. The van der Waals surface area contributed by atoms with Gasteiger partial charge in [0.1, 0.15) is 17.3 Å². The number of pyridine rings is 1. The Bertz CT molecular complexity index is 1630. The number of likely N-dealkylation sites (tertiary alicyclic amines) is 1. The zero-order chi connectivity index (χ0) is 28.5. The second-order valence-electron chi connectivity index (χ2n) is 10.9. The van der Waals surface area contributed by atoms with Crippen molar-refractivity contribution in [2.75, 3.05) is 37.6 Å². The zero-order valence-electron chi connectivity index (χ0n) is 22.5. The molecular formula is C29H30N8O4. The monoisotopic (exact) mass is 554 g/mol.